The van der Waals surface area contributed by atoms with Crippen LogP contribution < -0.4 is 5.73 Å². The molecule has 1 fully saturated rings. The summed E-state index contributed by atoms with van der Waals surface area (Å²) in [4.78, 5) is 48.6. The number of carboxylic acids is 4. The molecule has 6 N–H and O–H groups in total. The summed E-state index contributed by atoms with van der Waals surface area (Å²) in [6, 6.07) is 0.231. The van der Waals surface area contributed by atoms with Gasteiger partial charge in [0, 0.05) is 19.1 Å². The van der Waals surface area contributed by atoms with Crippen LogP contribution in [0.15, 0.2) is 0 Å². The first-order chi connectivity index (χ1) is 17.9. The Hall–Kier alpha value is -3.73. The molecule has 24 heteroatoms. The Morgan fingerprint density at radius 2 is 0.829 bits per heavy atom. The van der Waals surface area contributed by atoms with E-state index >= 15 is 0 Å². The number of aliphatic carboxylic acids is 4. The molecule has 1 amide bonds. The number of rotatable bonds is 3. The van der Waals surface area contributed by atoms with Crippen molar-refractivity contribution in [2.45, 2.75) is 63.5 Å². The molecule has 1 aliphatic rings. The lowest BCUT2D eigenvalue weighted by Gasteiger charge is -2.33. The summed E-state index contributed by atoms with van der Waals surface area (Å²) in [6.07, 6.45) is -18.9. The summed E-state index contributed by atoms with van der Waals surface area (Å²) >= 11 is 0. The molecular formula is C17H22F12N2O10. The SMILES string of the molecule is CCN(CC)C(=O)OC1CC(N)C1.O=C(O)C(F)(F)F.O=C(O)C(F)(F)F.O=C(O)C(F)(F)F.O=C(O)C(F)(F)F. The average Bonchev–Trinajstić information content (AvgIpc) is 2.72. The second kappa shape index (κ2) is 18.6. The van der Waals surface area contributed by atoms with Crippen LogP contribution in [0.5, 0.6) is 0 Å². The van der Waals surface area contributed by atoms with E-state index < -0.39 is 48.6 Å². The average molecular weight is 642 g/mol. The highest BCUT2D eigenvalue weighted by molar-refractivity contribution is 5.74. The first kappa shape index (κ1) is 44.3. The highest BCUT2D eigenvalue weighted by Gasteiger charge is 2.40. The monoisotopic (exact) mass is 642 g/mol. The van der Waals surface area contributed by atoms with Gasteiger partial charge in [-0.25, -0.2) is 24.0 Å². The molecule has 0 spiro atoms. The zero-order chi connectivity index (χ0) is 34.2. The molecule has 0 heterocycles. The van der Waals surface area contributed by atoms with Crippen molar-refractivity contribution in [1.29, 1.82) is 0 Å². The molecule has 1 aliphatic carbocycles. The minimum Gasteiger partial charge on any atom is -0.475 e. The van der Waals surface area contributed by atoms with E-state index in [2.05, 4.69) is 0 Å². The first-order valence-corrected chi connectivity index (χ1v) is 9.86. The molecule has 0 saturated heterocycles. The first-order valence-electron chi connectivity index (χ1n) is 9.86. The van der Waals surface area contributed by atoms with Crippen LogP contribution in [0.4, 0.5) is 57.5 Å². The van der Waals surface area contributed by atoms with E-state index in [9.17, 15) is 57.5 Å². The van der Waals surface area contributed by atoms with Crippen LogP contribution in [0.25, 0.3) is 0 Å². The highest BCUT2D eigenvalue weighted by atomic mass is 19.4. The van der Waals surface area contributed by atoms with E-state index in [-0.39, 0.29) is 18.2 Å². The van der Waals surface area contributed by atoms with E-state index in [4.69, 9.17) is 50.1 Å². The van der Waals surface area contributed by atoms with Crippen LogP contribution in [0.1, 0.15) is 26.7 Å². The Morgan fingerprint density at radius 1 is 0.634 bits per heavy atom. The molecule has 0 radical (unpaired) electrons. The van der Waals surface area contributed by atoms with E-state index in [0.29, 0.717) is 13.1 Å². The minimum absolute atomic E-state index is 0.0584. The van der Waals surface area contributed by atoms with Gasteiger partial charge in [-0.05, 0) is 26.7 Å². The van der Waals surface area contributed by atoms with Gasteiger partial charge in [0.05, 0.1) is 0 Å². The molecule has 244 valence electrons. The molecule has 0 unspecified atom stereocenters. The van der Waals surface area contributed by atoms with Crippen molar-refractivity contribution in [2.75, 3.05) is 13.1 Å². The van der Waals surface area contributed by atoms with Gasteiger partial charge in [-0.3, -0.25) is 0 Å². The molecular weight excluding hydrogens is 620 g/mol. The zero-order valence-electron chi connectivity index (χ0n) is 20.3. The number of hydrogen-bond donors (Lipinski definition) is 5. The maximum Gasteiger partial charge on any atom is 0.490 e. The van der Waals surface area contributed by atoms with Crippen molar-refractivity contribution in [1.82, 2.24) is 4.90 Å². The summed E-state index contributed by atoms with van der Waals surface area (Å²) in [5, 5.41) is 28.5. The number of ether oxygens (including phenoxy) is 1. The number of carboxylic acid groups (broad SMARTS) is 4. The van der Waals surface area contributed by atoms with Crippen LogP contribution in [0.2, 0.25) is 0 Å². The molecule has 0 aliphatic heterocycles. The second-order valence-electron chi connectivity index (χ2n) is 6.62. The van der Waals surface area contributed by atoms with Crippen LogP contribution in [0, 0.1) is 0 Å². The van der Waals surface area contributed by atoms with Gasteiger partial charge in [0.25, 0.3) is 0 Å². The molecule has 12 nitrogen and oxygen atoms in total. The number of amides is 1. The van der Waals surface area contributed by atoms with Gasteiger partial charge in [0.2, 0.25) is 0 Å². The van der Waals surface area contributed by atoms with Gasteiger partial charge in [0.1, 0.15) is 6.10 Å². The van der Waals surface area contributed by atoms with Crippen molar-refractivity contribution < 1.29 is 102 Å². The normalized spacial score (nSPS) is 16.1. The van der Waals surface area contributed by atoms with Gasteiger partial charge in [-0.2, -0.15) is 52.7 Å². The number of carbonyl (C=O) groups is 5. The van der Waals surface area contributed by atoms with Crippen LogP contribution >= 0.6 is 0 Å². The van der Waals surface area contributed by atoms with Gasteiger partial charge in [-0.1, -0.05) is 0 Å². The molecule has 41 heavy (non-hydrogen) atoms. The van der Waals surface area contributed by atoms with Crippen molar-refractivity contribution >= 4 is 30.0 Å². The highest BCUT2D eigenvalue weighted by Crippen LogP contribution is 2.22. The van der Waals surface area contributed by atoms with Crippen LogP contribution in [-0.4, -0.2) is 105 Å². The Bertz CT molecular complexity index is 736. The van der Waals surface area contributed by atoms with Gasteiger partial charge in [0.15, 0.2) is 0 Å². The van der Waals surface area contributed by atoms with Gasteiger partial charge >= 0.3 is 54.7 Å². The number of halogens is 12. The molecule has 0 aromatic heterocycles. The largest absolute Gasteiger partial charge is 0.490 e. The molecule has 0 atom stereocenters. The third-order valence-electron chi connectivity index (χ3n) is 3.39. The number of alkyl halides is 12. The molecule has 0 bridgehead atoms. The van der Waals surface area contributed by atoms with E-state index in [1.54, 1.807) is 4.90 Å². The molecule has 1 rings (SSSR count). The number of hydrogen-bond acceptors (Lipinski definition) is 7. The molecule has 0 aromatic rings. The van der Waals surface area contributed by atoms with Crippen molar-refractivity contribution in [3.8, 4) is 0 Å². The smallest absolute Gasteiger partial charge is 0.475 e. The fraction of sp³-hybridized carbons (Fsp3) is 0.706. The summed E-state index contributed by atoms with van der Waals surface area (Å²) in [7, 11) is 0. The summed E-state index contributed by atoms with van der Waals surface area (Å²) in [5.74, 6) is -11.0. The maximum atomic E-state index is 11.4. The third kappa shape index (κ3) is 26.3. The predicted octanol–water partition coefficient (Wildman–Crippen LogP) is 3.49. The van der Waals surface area contributed by atoms with Crippen LogP contribution in [-0.2, 0) is 23.9 Å². The topological polar surface area (TPSA) is 205 Å². The number of nitrogens with zero attached hydrogens (tertiary/aromatic N) is 1. The summed E-state index contributed by atoms with van der Waals surface area (Å²) in [5.41, 5.74) is 5.58. The Balaban J connectivity index is -0.000000216. The lowest BCUT2D eigenvalue weighted by Crippen LogP contribution is -2.45. The summed E-state index contributed by atoms with van der Waals surface area (Å²) in [6.45, 7) is 5.29. The van der Waals surface area contributed by atoms with Crippen LogP contribution in [0.3, 0.4) is 0 Å². The zero-order valence-corrected chi connectivity index (χ0v) is 20.3. The van der Waals surface area contributed by atoms with Crippen molar-refractivity contribution in [3.63, 3.8) is 0 Å². The fourth-order valence-electron chi connectivity index (χ4n) is 1.40. The van der Waals surface area contributed by atoms with E-state index in [0.717, 1.165) is 12.8 Å². The third-order valence-corrected chi connectivity index (χ3v) is 3.39. The second-order valence-corrected chi connectivity index (χ2v) is 6.62. The Kier molecular flexibility index (Phi) is 20.1. The lowest BCUT2D eigenvalue weighted by molar-refractivity contribution is -0.193. The van der Waals surface area contributed by atoms with E-state index in [1.807, 2.05) is 13.8 Å². The fourth-order valence-corrected chi connectivity index (χ4v) is 1.40. The molecule has 1 saturated carbocycles. The predicted molar refractivity (Wildman–Crippen MR) is 105 cm³/mol. The van der Waals surface area contributed by atoms with Crippen molar-refractivity contribution in [3.05, 3.63) is 0 Å². The maximum absolute atomic E-state index is 11.4. The van der Waals surface area contributed by atoms with E-state index in [1.165, 1.54) is 0 Å². The van der Waals surface area contributed by atoms with Gasteiger partial charge in [-0.15, -0.1) is 0 Å². The summed E-state index contributed by atoms with van der Waals surface area (Å²) < 4.78 is 132. The number of nitrogens with two attached hydrogens (primary N) is 1. The minimum atomic E-state index is -5.08. The Labute approximate surface area is 220 Å². The molecule has 0 aromatic carbocycles. The quantitative estimate of drug-likeness (QED) is 0.282. The number of carbonyl (C=O) groups excluding carboxylic acids is 1. The van der Waals surface area contributed by atoms with Gasteiger partial charge < -0.3 is 35.8 Å². The lowest BCUT2D eigenvalue weighted by atomic mass is 9.90. The Morgan fingerprint density at radius 3 is 0.951 bits per heavy atom. The van der Waals surface area contributed by atoms with Crippen molar-refractivity contribution in [2.24, 2.45) is 5.73 Å². The standard InChI is InChI=1S/C9H18N2O2.4C2HF3O2/c1-3-11(4-2)9(12)13-8-5-7(10)6-8;4*3-2(4,5)1(6)7/h7-8H,3-6,10H2,1-2H3;4*(H,6,7).